The van der Waals surface area contributed by atoms with Gasteiger partial charge in [-0.2, -0.15) is 0 Å². The average Bonchev–Trinajstić information content (AvgIpc) is 2.90. The average molecular weight is 357 g/mol. The summed E-state index contributed by atoms with van der Waals surface area (Å²) in [5.74, 6) is -0.523. The standard InChI is InChI=1S/C20H24FN3O2/c1-4-24-14(2)10-18(15(24)3)20(26)23-9-8-22(19(25)13-23)12-16-6-5-7-17(21)11-16/h5-7,10-11H,4,8-9,12-13H2,1-3H3. The summed E-state index contributed by atoms with van der Waals surface area (Å²) in [5.41, 5.74) is 3.40. The van der Waals surface area contributed by atoms with Gasteiger partial charge in [0, 0.05) is 37.6 Å². The van der Waals surface area contributed by atoms with Crippen LogP contribution in [-0.2, 0) is 17.9 Å². The zero-order chi connectivity index (χ0) is 18.8. The number of nitrogens with zero attached hydrogens (tertiary/aromatic N) is 3. The molecule has 2 amide bonds. The molecule has 3 rings (SSSR count). The molecule has 0 bridgehead atoms. The summed E-state index contributed by atoms with van der Waals surface area (Å²) >= 11 is 0. The fourth-order valence-electron chi connectivity index (χ4n) is 3.58. The molecule has 0 radical (unpaired) electrons. The second-order valence-electron chi connectivity index (χ2n) is 6.70. The van der Waals surface area contributed by atoms with E-state index in [0.29, 0.717) is 25.2 Å². The van der Waals surface area contributed by atoms with Crippen molar-refractivity contribution < 1.29 is 14.0 Å². The minimum Gasteiger partial charge on any atom is -0.349 e. The van der Waals surface area contributed by atoms with Crippen LogP contribution in [0.4, 0.5) is 4.39 Å². The largest absolute Gasteiger partial charge is 0.349 e. The fourth-order valence-corrected chi connectivity index (χ4v) is 3.58. The van der Waals surface area contributed by atoms with E-state index in [2.05, 4.69) is 4.57 Å². The summed E-state index contributed by atoms with van der Waals surface area (Å²) in [6.45, 7) is 8.13. The van der Waals surface area contributed by atoms with Crippen molar-refractivity contribution in [1.29, 1.82) is 0 Å². The van der Waals surface area contributed by atoms with Crippen LogP contribution >= 0.6 is 0 Å². The number of hydrogen-bond acceptors (Lipinski definition) is 2. The molecule has 6 heteroatoms. The molecular formula is C20H24FN3O2. The lowest BCUT2D eigenvalue weighted by molar-refractivity contribution is -0.135. The third kappa shape index (κ3) is 3.49. The lowest BCUT2D eigenvalue weighted by atomic mass is 10.1. The van der Waals surface area contributed by atoms with Crippen molar-refractivity contribution >= 4 is 11.8 Å². The van der Waals surface area contributed by atoms with Gasteiger partial charge in [-0.15, -0.1) is 0 Å². The van der Waals surface area contributed by atoms with Crippen molar-refractivity contribution in [2.45, 2.75) is 33.9 Å². The Labute approximate surface area is 153 Å². The van der Waals surface area contributed by atoms with Gasteiger partial charge in [0.25, 0.3) is 5.91 Å². The molecule has 1 saturated heterocycles. The van der Waals surface area contributed by atoms with Gasteiger partial charge in [-0.25, -0.2) is 4.39 Å². The van der Waals surface area contributed by atoms with Crippen molar-refractivity contribution in [1.82, 2.24) is 14.4 Å². The van der Waals surface area contributed by atoms with Crippen LogP contribution in [0, 0.1) is 19.7 Å². The molecule has 0 unspecified atom stereocenters. The van der Waals surface area contributed by atoms with Gasteiger partial charge < -0.3 is 14.4 Å². The van der Waals surface area contributed by atoms with Crippen LogP contribution in [0.3, 0.4) is 0 Å². The molecule has 2 aromatic rings. The minimum atomic E-state index is -0.310. The number of aryl methyl sites for hydroxylation is 1. The second kappa shape index (κ2) is 7.32. The summed E-state index contributed by atoms with van der Waals surface area (Å²) in [6, 6.07) is 8.15. The lowest BCUT2D eigenvalue weighted by Gasteiger charge is -2.34. The Morgan fingerprint density at radius 3 is 2.58 bits per heavy atom. The van der Waals surface area contributed by atoms with E-state index >= 15 is 0 Å². The van der Waals surface area contributed by atoms with Gasteiger partial charge in [-0.1, -0.05) is 12.1 Å². The smallest absolute Gasteiger partial charge is 0.256 e. The number of rotatable bonds is 4. The number of carbonyl (C=O) groups is 2. The van der Waals surface area contributed by atoms with Gasteiger partial charge in [-0.3, -0.25) is 9.59 Å². The number of hydrogen-bond donors (Lipinski definition) is 0. The maximum atomic E-state index is 13.3. The first kappa shape index (κ1) is 18.2. The van der Waals surface area contributed by atoms with Crippen LogP contribution in [0.2, 0.25) is 0 Å². The number of carbonyl (C=O) groups excluding carboxylic acids is 2. The molecule has 0 N–H and O–H groups in total. The van der Waals surface area contributed by atoms with Crippen LogP contribution in [0.15, 0.2) is 30.3 Å². The highest BCUT2D eigenvalue weighted by Crippen LogP contribution is 2.19. The van der Waals surface area contributed by atoms with Gasteiger partial charge in [0.05, 0.1) is 5.56 Å². The van der Waals surface area contributed by atoms with Crippen molar-refractivity contribution in [2.75, 3.05) is 19.6 Å². The molecule has 1 fully saturated rings. The number of benzene rings is 1. The molecule has 138 valence electrons. The predicted octanol–water partition coefficient (Wildman–Crippen LogP) is 2.75. The quantitative estimate of drug-likeness (QED) is 0.845. The minimum absolute atomic E-state index is 0.0595. The normalized spacial score (nSPS) is 14.8. The third-order valence-corrected chi connectivity index (χ3v) is 4.99. The van der Waals surface area contributed by atoms with E-state index in [9.17, 15) is 14.0 Å². The third-order valence-electron chi connectivity index (χ3n) is 4.99. The van der Waals surface area contributed by atoms with Crippen LogP contribution < -0.4 is 0 Å². The Morgan fingerprint density at radius 2 is 1.96 bits per heavy atom. The van der Waals surface area contributed by atoms with E-state index < -0.39 is 0 Å². The zero-order valence-corrected chi connectivity index (χ0v) is 15.5. The highest BCUT2D eigenvalue weighted by Gasteiger charge is 2.29. The SMILES string of the molecule is CCn1c(C)cc(C(=O)N2CCN(Cc3cccc(F)c3)C(=O)C2)c1C. The van der Waals surface area contributed by atoms with E-state index in [1.807, 2.05) is 26.8 Å². The van der Waals surface area contributed by atoms with E-state index in [1.54, 1.807) is 21.9 Å². The number of piperazine rings is 1. The maximum Gasteiger partial charge on any atom is 0.256 e. The molecule has 5 nitrogen and oxygen atoms in total. The Morgan fingerprint density at radius 1 is 1.19 bits per heavy atom. The van der Waals surface area contributed by atoms with Crippen molar-refractivity contribution in [3.05, 3.63) is 58.7 Å². The van der Waals surface area contributed by atoms with Gasteiger partial charge in [0.1, 0.15) is 12.4 Å². The van der Waals surface area contributed by atoms with Gasteiger partial charge in [-0.05, 0) is 44.5 Å². The molecule has 2 heterocycles. The molecule has 0 atom stereocenters. The highest BCUT2D eigenvalue weighted by molar-refractivity contribution is 5.98. The molecule has 0 saturated carbocycles. The monoisotopic (exact) mass is 357 g/mol. The number of amides is 2. The molecule has 0 aliphatic carbocycles. The topological polar surface area (TPSA) is 45.6 Å². The van der Waals surface area contributed by atoms with Crippen molar-refractivity contribution in [3.63, 3.8) is 0 Å². The molecule has 1 aromatic carbocycles. The van der Waals surface area contributed by atoms with E-state index in [0.717, 1.165) is 23.5 Å². The summed E-state index contributed by atoms with van der Waals surface area (Å²) in [4.78, 5) is 28.6. The van der Waals surface area contributed by atoms with E-state index in [1.165, 1.54) is 12.1 Å². The van der Waals surface area contributed by atoms with E-state index in [-0.39, 0.29) is 24.2 Å². The van der Waals surface area contributed by atoms with Crippen molar-refractivity contribution in [3.8, 4) is 0 Å². The lowest BCUT2D eigenvalue weighted by Crippen LogP contribution is -2.51. The Kier molecular flexibility index (Phi) is 5.11. The molecule has 1 aliphatic heterocycles. The van der Waals surface area contributed by atoms with Crippen LogP contribution in [0.1, 0.15) is 34.2 Å². The summed E-state index contributed by atoms with van der Waals surface area (Å²) in [5, 5.41) is 0. The van der Waals surface area contributed by atoms with Gasteiger partial charge >= 0.3 is 0 Å². The van der Waals surface area contributed by atoms with E-state index in [4.69, 9.17) is 0 Å². The summed E-state index contributed by atoms with van der Waals surface area (Å²) in [7, 11) is 0. The first-order valence-electron chi connectivity index (χ1n) is 8.89. The Balaban J connectivity index is 1.68. The van der Waals surface area contributed by atoms with Gasteiger partial charge in [0.15, 0.2) is 0 Å². The first-order chi connectivity index (χ1) is 12.4. The van der Waals surface area contributed by atoms with Crippen molar-refractivity contribution in [2.24, 2.45) is 0 Å². The molecular weight excluding hydrogens is 333 g/mol. The maximum absolute atomic E-state index is 13.3. The molecule has 1 aromatic heterocycles. The predicted molar refractivity (Wildman–Crippen MR) is 97.3 cm³/mol. The number of aromatic nitrogens is 1. The van der Waals surface area contributed by atoms with Crippen LogP contribution in [-0.4, -0.2) is 45.8 Å². The first-order valence-corrected chi connectivity index (χ1v) is 8.89. The molecule has 0 spiro atoms. The highest BCUT2D eigenvalue weighted by atomic mass is 19.1. The fraction of sp³-hybridized carbons (Fsp3) is 0.400. The Hall–Kier alpha value is -2.63. The molecule has 26 heavy (non-hydrogen) atoms. The summed E-state index contributed by atoms with van der Waals surface area (Å²) in [6.07, 6.45) is 0. The molecule has 1 aliphatic rings. The Bertz CT molecular complexity index is 844. The second-order valence-corrected chi connectivity index (χ2v) is 6.70. The van der Waals surface area contributed by atoms with Gasteiger partial charge in [0.2, 0.25) is 5.91 Å². The zero-order valence-electron chi connectivity index (χ0n) is 15.5. The van der Waals surface area contributed by atoms with Crippen LogP contribution in [0.25, 0.3) is 0 Å². The summed E-state index contributed by atoms with van der Waals surface area (Å²) < 4.78 is 15.4. The van der Waals surface area contributed by atoms with Crippen LogP contribution in [0.5, 0.6) is 0 Å². The number of halogens is 1.